The highest BCUT2D eigenvalue weighted by Crippen LogP contribution is 2.36. The number of piperidine rings is 1. The van der Waals surface area contributed by atoms with Gasteiger partial charge in [0.25, 0.3) is 0 Å². The van der Waals surface area contributed by atoms with Crippen LogP contribution in [0.25, 0.3) is 0 Å². The van der Waals surface area contributed by atoms with E-state index in [1.54, 1.807) is 0 Å². The highest BCUT2D eigenvalue weighted by molar-refractivity contribution is 5.39. The number of halogens is 1. The molecular weight excluding hydrogens is 217 g/mol. The van der Waals surface area contributed by atoms with Crippen molar-refractivity contribution >= 4 is 5.82 Å². The van der Waals surface area contributed by atoms with Gasteiger partial charge in [-0.05, 0) is 31.6 Å². The van der Waals surface area contributed by atoms with Crippen LogP contribution in [0.5, 0.6) is 0 Å². The number of anilines is 1. The van der Waals surface area contributed by atoms with Crippen molar-refractivity contribution in [1.82, 2.24) is 9.97 Å². The van der Waals surface area contributed by atoms with Crippen LogP contribution in [0.1, 0.15) is 38.5 Å². The summed E-state index contributed by atoms with van der Waals surface area (Å²) >= 11 is 0. The molecule has 0 radical (unpaired) electrons. The van der Waals surface area contributed by atoms with Gasteiger partial charge < -0.3 is 4.90 Å². The molecule has 1 aromatic rings. The van der Waals surface area contributed by atoms with Crippen molar-refractivity contribution in [2.45, 2.75) is 44.6 Å². The number of aromatic nitrogens is 2. The first-order chi connectivity index (χ1) is 8.34. The van der Waals surface area contributed by atoms with Gasteiger partial charge in [0.05, 0.1) is 0 Å². The van der Waals surface area contributed by atoms with Crippen molar-refractivity contribution in [3.05, 3.63) is 18.3 Å². The molecule has 0 spiro atoms. The molecule has 2 atom stereocenters. The summed E-state index contributed by atoms with van der Waals surface area (Å²) in [4.78, 5) is 10.1. The van der Waals surface area contributed by atoms with E-state index < -0.39 is 5.95 Å². The Labute approximate surface area is 101 Å². The van der Waals surface area contributed by atoms with E-state index in [4.69, 9.17) is 0 Å². The fourth-order valence-corrected chi connectivity index (χ4v) is 3.39. The molecule has 17 heavy (non-hydrogen) atoms. The summed E-state index contributed by atoms with van der Waals surface area (Å²) in [5, 5.41) is 0. The Bertz CT molecular complexity index is 394. The van der Waals surface area contributed by atoms with Crippen molar-refractivity contribution < 1.29 is 4.39 Å². The minimum Gasteiger partial charge on any atom is -0.353 e. The van der Waals surface area contributed by atoms with Gasteiger partial charge in [-0.1, -0.05) is 12.8 Å². The van der Waals surface area contributed by atoms with E-state index in [1.165, 1.54) is 50.9 Å². The van der Waals surface area contributed by atoms with Gasteiger partial charge in [0.2, 0.25) is 5.95 Å². The van der Waals surface area contributed by atoms with E-state index in [2.05, 4.69) is 14.9 Å². The Hall–Kier alpha value is -1.19. The van der Waals surface area contributed by atoms with Crippen molar-refractivity contribution in [2.75, 3.05) is 11.4 Å². The maximum atomic E-state index is 13.2. The van der Waals surface area contributed by atoms with Crippen LogP contribution in [-0.2, 0) is 0 Å². The van der Waals surface area contributed by atoms with Crippen LogP contribution in [0, 0.1) is 11.9 Å². The van der Waals surface area contributed by atoms with E-state index in [0.717, 1.165) is 18.3 Å². The van der Waals surface area contributed by atoms with Gasteiger partial charge in [-0.2, -0.15) is 4.39 Å². The Kier molecular flexibility index (Phi) is 2.95. The molecule has 4 heteroatoms. The van der Waals surface area contributed by atoms with Crippen LogP contribution < -0.4 is 4.90 Å². The monoisotopic (exact) mass is 235 g/mol. The zero-order chi connectivity index (χ0) is 11.7. The van der Waals surface area contributed by atoms with Crippen molar-refractivity contribution in [1.29, 1.82) is 0 Å². The first kappa shape index (κ1) is 10.9. The molecule has 2 aliphatic rings. The van der Waals surface area contributed by atoms with Crippen LogP contribution in [0.2, 0.25) is 0 Å². The van der Waals surface area contributed by atoms with E-state index in [1.807, 2.05) is 0 Å². The molecular formula is C13H18FN3. The summed E-state index contributed by atoms with van der Waals surface area (Å²) < 4.78 is 13.2. The van der Waals surface area contributed by atoms with Crippen LogP contribution >= 0.6 is 0 Å². The average molecular weight is 235 g/mol. The fraction of sp³-hybridized carbons (Fsp3) is 0.692. The zero-order valence-electron chi connectivity index (χ0n) is 9.98. The van der Waals surface area contributed by atoms with E-state index in [-0.39, 0.29) is 0 Å². The molecule has 92 valence electrons. The summed E-state index contributed by atoms with van der Waals surface area (Å²) in [5.41, 5.74) is 0. The predicted octanol–water partition coefficient (Wildman–Crippen LogP) is 2.77. The maximum absolute atomic E-state index is 13.2. The summed E-state index contributed by atoms with van der Waals surface area (Å²) in [6.07, 6.45) is 9.07. The summed E-state index contributed by atoms with van der Waals surface area (Å²) in [6.45, 7) is 1.01. The van der Waals surface area contributed by atoms with Gasteiger partial charge >= 0.3 is 0 Å². The van der Waals surface area contributed by atoms with Crippen LogP contribution in [0.3, 0.4) is 0 Å². The minimum atomic E-state index is -0.423. The number of nitrogens with zero attached hydrogens (tertiary/aromatic N) is 3. The number of fused-ring (bicyclic) bond motifs is 1. The molecule has 3 nitrogen and oxygen atoms in total. The number of rotatable bonds is 1. The Balaban J connectivity index is 1.85. The molecule has 0 N–H and O–H groups in total. The van der Waals surface area contributed by atoms with Gasteiger partial charge in [-0.3, -0.25) is 0 Å². The third-order valence-electron chi connectivity index (χ3n) is 4.16. The lowest BCUT2D eigenvalue weighted by Crippen LogP contribution is -2.47. The lowest BCUT2D eigenvalue weighted by molar-refractivity contribution is 0.242. The highest BCUT2D eigenvalue weighted by atomic mass is 19.1. The maximum Gasteiger partial charge on any atom is 0.218 e. The molecule has 0 unspecified atom stereocenters. The highest BCUT2D eigenvalue weighted by Gasteiger charge is 2.33. The van der Waals surface area contributed by atoms with Gasteiger partial charge in [-0.15, -0.1) is 0 Å². The average Bonchev–Trinajstić information content (AvgIpc) is 2.38. The Morgan fingerprint density at radius 3 is 2.82 bits per heavy atom. The molecule has 0 bridgehead atoms. The first-order valence-corrected chi connectivity index (χ1v) is 6.59. The van der Waals surface area contributed by atoms with Crippen LogP contribution in [-0.4, -0.2) is 22.6 Å². The molecule has 1 saturated heterocycles. The fourth-order valence-electron chi connectivity index (χ4n) is 3.39. The lowest BCUT2D eigenvalue weighted by Gasteiger charge is -2.44. The van der Waals surface area contributed by atoms with Crippen LogP contribution in [0.4, 0.5) is 10.2 Å². The number of hydrogen-bond acceptors (Lipinski definition) is 3. The van der Waals surface area contributed by atoms with Gasteiger partial charge in [0, 0.05) is 18.7 Å². The Morgan fingerprint density at radius 1 is 1.12 bits per heavy atom. The van der Waals surface area contributed by atoms with E-state index in [0.29, 0.717) is 6.04 Å². The smallest absolute Gasteiger partial charge is 0.218 e. The van der Waals surface area contributed by atoms with Gasteiger partial charge in [-0.25, -0.2) is 9.97 Å². The lowest BCUT2D eigenvalue weighted by atomic mass is 9.78. The molecule has 1 aliphatic carbocycles. The second kappa shape index (κ2) is 4.59. The second-order valence-corrected chi connectivity index (χ2v) is 5.15. The zero-order valence-corrected chi connectivity index (χ0v) is 9.98. The predicted molar refractivity (Wildman–Crippen MR) is 64.3 cm³/mol. The summed E-state index contributed by atoms with van der Waals surface area (Å²) in [6, 6.07) is 2.04. The molecule has 2 fully saturated rings. The van der Waals surface area contributed by atoms with Gasteiger partial charge in [0.15, 0.2) is 0 Å². The normalized spacial score (nSPS) is 28.9. The van der Waals surface area contributed by atoms with E-state index in [9.17, 15) is 4.39 Å². The van der Waals surface area contributed by atoms with Crippen molar-refractivity contribution in [3.8, 4) is 0 Å². The SMILES string of the molecule is Fc1cc(N2CCC[C@H]3CCCC[C@H]32)ncn1. The van der Waals surface area contributed by atoms with Crippen molar-refractivity contribution in [3.63, 3.8) is 0 Å². The third kappa shape index (κ3) is 2.13. The minimum absolute atomic E-state index is 0.423. The number of hydrogen-bond donors (Lipinski definition) is 0. The molecule has 1 aromatic heterocycles. The van der Waals surface area contributed by atoms with Crippen LogP contribution in [0.15, 0.2) is 12.4 Å². The summed E-state index contributed by atoms with van der Waals surface area (Å²) in [7, 11) is 0. The molecule has 0 amide bonds. The molecule has 1 saturated carbocycles. The molecule has 1 aliphatic heterocycles. The first-order valence-electron chi connectivity index (χ1n) is 6.59. The molecule has 2 heterocycles. The van der Waals surface area contributed by atoms with E-state index >= 15 is 0 Å². The summed E-state index contributed by atoms with van der Waals surface area (Å²) in [5.74, 6) is 1.14. The third-order valence-corrected chi connectivity index (χ3v) is 4.16. The largest absolute Gasteiger partial charge is 0.353 e. The second-order valence-electron chi connectivity index (χ2n) is 5.15. The topological polar surface area (TPSA) is 29.0 Å². The molecule has 0 aromatic carbocycles. The van der Waals surface area contributed by atoms with Crippen molar-refractivity contribution in [2.24, 2.45) is 5.92 Å². The molecule has 3 rings (SSSR count). The standard InChI is InChI=1S/C13H18FN3/c14-12-8-13(16-9-15-12)17-7-3-5-10-4-1-2-6-11(10)17/h8-11H,1-7H2/t10-,11-/m1/s1. The quantitative estimate of drug-likeness (QED) is 0.701. The van der Waals surface area contributed by atoms with Gasteiger partial charge in [0.1, 0.15) is 12.1 Å². The Morgan fingerprint density at radius 2 is 1.94 bits per heavy atom.